The third-order valence-corrected chi connectivity index (χ3v) is 4.40. The van der Waals surface area contributed by atoms with E-state index in [9.17, 15) is 14.0 Å². The van der Waals surface area contributed by atoms with Crippen molar-refractivity contribution in [3.63, 3.8) is 0 Å². The van der Waals surface area contributed by atoms with Crippen LogP contribution in [0.2, 0.25) is 0 Å². The largest absolute Gasteiger partial charge is 0.484 e. The van der Waals surface area contributed by atoms with Crippen molar-refractivity contribution in [3.8, 4) is 11.5 Å². The summed E-state index contributed by atoms with van der Waals surface area (Å²) < 4.78 is 23.9. The maximum absolute atomic E-state index is 13.2. The number of benzene rings is 3. The van der Waals surface area contributed by atoms with Crippen LogP contribution in [-0.4, -0.2) is 24.7 Å². The molecule has 0 bridgehead atoms. The zero-order valence-corrected chi connectivity index (χ0v) is 17.1. The number of halogens is 1. The van der Waals surface area contributed by atoms with Crippen LogP contribution in [-0.2, 0) is 4.79 Å². The average Bonchev–Trinajstić information content (AvgIpc) is 2.76. The summed E-state index contributed by atoms with van der Waals surface area (Å²) in [6.45, 7) is 3.82. The summed E-state index contributed by atoms with van der Waals surface area (Å²) in [5.41, 5.74) is 5.42. The fourth-order valence-electron chi connectivity index (χ4n) is 2.57. The fraction of sp³-hybridized carbons (Fsp3) is 0.125. The van der Waals surface area contributed by atoms with Crippen LogP contribution >= 0.6 is 0 Å². The van der Waals surface area contributed by atoms with Crippen LogP contribution < -0.4 is 14.9 Å². The van der Waals surface area contributed by atoms with Crippen LogP contribution in [0.1, 0.15) is 27.0 Å². The number of carbonyl (C=O) groups is 2. The minimum absolute atomic E-state index is 0.122. The molecule has 6 nitrogen and oxygen atoms in total. The number of hydrogen-bond donors (Lipinski definition) is 1. The van der Waals surface area contributed by atoms with E-state index in [0.29, 0.717) is 17.1 Å². The molecule has 0 aliphatic heterocycles. The standard InChI is InChI=1S/C24H21FN2O4/c1-16-6-9-22(12-17(16)2)30-15-23(28)27-26-14-18-7-10-21(11-8-18)31-24(29)19-4-3-5-20(25)13-19/h3-14H,15H2,1-2H3,(H,27,28)/b26-14-. The van der Waals surface area contributed by atoms with Crippen molar-refractivity contribution < 1.29 is 23.5 Å². The molecule has 1 N–H and O–H groups in total. The Kier molecular flexibility index (Phi) is 7.11. The predicted octanol–water partition coefficient (Wildman–Crippen LogP) is 4.19. The molecule has 7 heteroatoms. The first-order valence-electron chi connectivity index (χ1n) is 9.50. The second kappa shape index (κ2) is 10.2. The summed E-state index contributed by atoms with van der Waals surface area (Å²) in [5, 5.41) is 3.88. The second-order valence-corrected chi connectivity index (χ2v) is 6.80. The smallest absolute Gasteiger partial charge is 0.343 e. The Morgan fingerprint density at radius 1 is 0.968 bits per heavy atom. The first kappa shape index (κ1) is 21.7. The topological polar surface area (TPSA) is 77.0 Å². The molecule has 0 unspecified atom stereocenters. The Morgan fingerprint density at radius 3 is 2.42 bits per heavy atom. The molecular weight excluding hydrogens is 399 g/mol. The van der Waals surface area contributed by atoms with Crippen molar-refractivity contribution in [1.82, 2.24) is 5.43 Å². The molecule has 31 heavy (non-hydrogen) atoms. The highest BCUT2D eigenvalue weighted by Crippen LogP contribution is 2.16. The molecule has 0 aliphatic carbocycles. The molecule has 1 amide bonds. The molecule has 0 saturated carbocycles. The van der Waals surface area contributed by atoms with Gasteiger partial charge in [0, 0.05) is 0 Å². The van der Waals surface area contributed by atoms with Gasteiger partial charge >= 0.3 is 5.97 Å². The summed E-state index contributed by atoms with van der Waals surface area (Å²) in [6, 6.07) is 17.3. The van der Waals surface area contributed by atoms with Crippen LogP contribution in [0.15, 0.2) is 71.8 Å². The molecule has 0 atom stereocenters. The molecule has 3 aromatic carbocycles. The Labute approximate surface area is 179 Å². The van der Waals surface area contributed by atoms with Crippen LogP contribution in [0.25, 0.3) is 0 Å². The van der Waals surface area contributed by atoms with E-state index in [2.05, 4.69) is 10.5 Å². The highest BCUT2D eigenvalue weighted by atomic mass is 19.1. The van der Waals surface area contributed by atoms with Crippen LogP contribution in [0, 0.1) is 19.7 Å². The molecule has 0 saturated heterocycles. The van der Waals surface area contributed by atoms with E-state index in [4.69, 9.17) is 9.47 Å². The van der Waals surface area contributed by atoms with Crippen molar-refractivity contribution in [2.24, 2.45) is 5.10 Å². The Morgan fingerprint density at radius 2 is 1.71 bits per heavy atom. The molecule has 0 radical (unpaired) electrons. The SMILES string of the molecule is Cc1ccc(OCC(=O)N/N=C\c2ccc(OC(=O)c3cccc(F)c3)cc2)cc1C. The maximum Gasteiger partial charge on any atom is 0.343 e. The van der Waals surface area contributed by atoms with Gasteiger partial charge in [0.05, 0.1) is 11.8 Å². The zero-order chi connectivity index (χ0) is 22.2. The van der Waals surface area contributed by atoms with Crippen molar-refractivity contribution in [2.75, 3.05) is 6.61 Å². The number of aryl methyl sites for hydroxylation is 2. The van der Waals surface area contributed by atoms with Gasteiger partial charge in [-0.05, 0) is 85.1 Å². The van der Waals surface area contributed by atoms with E-state index in [1.807, 2.05) is 32.0 Å². The second-order valence-electron chi connectivity index (χ2n) is 6.80. The van der Waals surface area contributed by atoms with E-state index < -0.39 is 17.7 Å². The Balaban J connectivity index is 1.47. The number of carbonyl (C=O) groups excluding carboxylic acids is 2. The Bertz CT molecular complexity index is 1110. The lowest BCUT2D eigenvalue weighted by Gasteiger charge is -2.07. The number of nitrogens with one attached hydrogen (secondary N) is 1. The number of rotatable bonds is 7. The molecular formula is C24H21FN2O4. The van der Waals surface area contributed by atoms with E-state index in [0.717, 1.165) is 17.2 Å². The normalized spacial score (nSPS) is 10.7. The monoisotopic (exact) mass is 420 g/mol. The molecule has 158 valence electrons. The molecule has 0 spiro atoms. The molecule has 0 aromatic heterocycles. The fourth-order valence-corrected chi connectivity index (χ4v) is 2.57. The lowest BCUT2D eigenvalue weighted by Crippen LogP contribution is -2.24. The van der Waals surface area contributed by atoms with Gasteiger partial charge in [0.25, 0.3) is 5.91 Å². The molecule has 3 rings (SSSR count). The summed E-state index contributed by atoms with van der Waals surface area (Å²) >= 11 is 0. The number of hydrogen-bond acceptors (Lipinski definition) is 5. The van der Waals surface area contributed by atoms with Gasteiger partial charge in [0.1, 0.15) is 17.3 Å². The first-order chi connectivity index (χ1) is 14.9. The van der Waals surface area contributed by atoms with Gasteiger partial charge in [0.15, 0.2) is 6.61 Å². The van der Waals surface area contributed by atoms with Gasteiger partial charge in [-0.2, -0.15) is 5.10 Å². The quantitative estimate of drug-likeness (QED) is 0.269. The lowest BCUT2D eigenvalue weighted by molar-refractivity contribution is -0.123. The zero-order valence-electron chi connectivity index (χ0n) is 17.1. The summed E-state index contributed by atoms with van der Waals surface area (Å²) in [5.74, 6) is -0.641. The van der Waals surface area contributed by atoms with Gasteiger partial charge in [-0.15, -0.1) is 0 Å². The molecule has 3 aromatic rings. The lowest BCUT2D eigenvalue weighted by atomic mass is 10.1. The van der Waals surface area contributed by atoms with Crippen molar-refractivity contribution in [2.45, 2.75) is 13.8 Å². The number of nitrogens with zero attached hydrogens (tertiary/aromatic N) is 1. The highest BCUT2D eigenvalue weighted by Gasteiger charge is 2.09. The summed E-state index contributed by atoms with van der Waals surface area (Å²) in [6.07, 6.45) is 1.45. The average molecular weight is 420 g/mol. The predicted molar refractivity (Wildman–Crippen MR) is 115 cm³/mol. The maximum atomic E-state index is 13.2. The number of hydrazone groups is 1. The third kappa shape index (κ3) is 6.50. The Hall–Kier alpha value is -4.00. The van der Waals surface area contributed by atoms with Crippen molar-refractivity contribution in [1.29, 1.82) is 0 Å². The number of amides is 1. The van der Waals surface area contributed by atoms with E-state index in [1.165, 1.54) is 24.4 Å². The molecule has 0 heterocycles. The minimum Gasteiger partial charge on any atom is -0.484 e. The third-order valence-electron chi connectivity index (χ3n) is 4.40. The van der Waals surface area contributed by atoms with Gasteiger partial charge in [-0.25, -0.2) is 14.6 Å². The van der Waals surface area contributed by atoms with Gasteiger partial charge in [0.2, 0.25) is 0 Å². The van der Waals surface area contributed by atoms with Gasteiger partial charge < -0.3 is 9.47 Å². The molecule has 0 aliphatic rings. The van der Waals surface area contributed by atoms with Crippen LogP contribution in [0.5, 0.6) is 11.5 Å². The van der Waals surface area contributed by atoms with Crippen LogP contribution in [0.4, 0.5) is 4.39 Å². The summed E-state index contributed by atoms with van der Waals surface area (Å²) in [4.78, 5) is 23.9. The summed E-state index contributed by atoms with van der Waals surface area (Å²) in [7, 11) is 0. The van der Waals surface area contributed by atoms with Crippen molar-refractivity contribution >= 4 is 18.1 Å². The van der Waals surface area contributed by atoms with E-state index in [-0.39, 0.29) is 12.2 Å². The minimum atomic E-state index is -0.656. The highest BCUT2D eigenvalue weighted by molar-refractivity contribution is 5.91. The van der Waals surface area contributed by atoms with Crippen molar-refractivity contribution in [3.05, 3.63) is 94.8 Å². The van der Waals surface area contributed by atoms with E-state index >= 15 is 0 Å². The van der Waals surface area contributed by atoms with Gasteiger partial charge in [-0.1, -0.05) is 12.1 Å². The number of ether oxygens (including phenoxy) is 2. The van der Waals surface area contributed by atoms with Crippen LogP contribution in [0.3, 0.4) is 0 Å². The first-order valence-corrected chi connectivity index (χ1v) is 9.50. The number of esters is 1. The van der Waals surface area contributed by atoms with E-state index in [1.54, 1.807) is 24.3 Å². The van der Waals surface area contributed by atoms with Gasteiger partial charge in [-0.3, -0.25) is 4.79 Å². The molecule has 0 fully saturated rings.